The number of nitrogens with zero attached hydrogens (tertiary/aromatic N) is 1. The molecule has 1 amide bonds. The number of carboxylic acid groups (broad SMARTS) is 1. The third kappa shape index (κ3) is 1.37. The zero-order valence-corrected chi connectivity index (χ0v) is 8.65. The fraction of sp³-hybridized carbons (Fsp3) is 0.667. The van der Waals surface area contributed by atoms with E-state index < -0.39 is 12.1 Å². The van der Waals surface area contributed by atoms with Gasteiger partial charge in [0.05, 0.1) is 18.9 Å². The van der Waals surface area contributed by atoms with E-state index in [9.17, 15) is 14.7 Å². The predicted molar refractivity (Wildman–Crippen MR) is 30.0 cm³/mol. The molecule has 2 heterocycles. The fourth-order valence-electron chi connectivity index (χ4n) is 1.31. The molecule has 12 heavy (non-hydrogen) atoms. The van der Waals surface area contributed by atoms with E-state index in [1.807, 2.05) is 0 Å². The van der Waals surface area contributed by atoms with Gasteiger partial charge in [0.25, 0.3) is 0 Å². The van der Waals surface area contributed by atoms with E-state index in [1.54, 1.807) is 0 Å². The van der Waals surface area contributed by atoms with Crippen LogP contribution in [0.4, 0.5) is 0 Å². The molecule has 6 heteroatoms. The summed E-state index contributed by atoms with van der Waals surface area (Å²) in [6.07, 6.45) is -0.916. The van der Waals surface area contributed by atoms with Crippen molar-refractivity contribution in [3.8, 4) is 0 Å². The molecule has 0 bridgehead atoms. The summed E-state index contributed by atoms with van der Waals surface area (Å²) in [5, 5.41) is 10.3. The smallest absolute Gasteiger partial charge is 0.547 e. The van der Waals surface area contributed by atoms with E-state index in [1.165, 1.54) is 4.90 Å². The zero-order valence-electron chi connectivity index (χ0n) is 6.65. The van der Waals surface area contributed by atoms with E-state index in [0.29, 0.717) is 6.42 Å². The minimum atomic E-state index is -1.24. The molecular weight excluding hydrogens is 173 g/mol. The van der Waals surface area contributed by atoms with E-state index >= 15 is 0 Å². The number of carbonyl (C=O) groups is 2. The molecule has 2 fully saturated rings. The van der Waals surface area contributed by atoms with Crippen LogP contribution in [0.3, 0.4) is 0 Å². The van der Waals surface area contributed by atoms with Crippen LogP contribution in [-0.4, -0.2) is 35.7 Å². The Morgan fingerprint density at radius 2 is 2.33 bits per heavy atom. The van der Waals surface area contributed by atoms with Crippen LogP contribution in [-0.2, 0) is 14.3 Å². The number of carbonyl (C=O) groups excluding carboxylic acids is 2. The molecule has 2 saturated heterocycles. The SMILES string of the molecule is O=C([O-])C1CN2C(=O)CC2O1.[Na+]. The molecule has 0 saturated carbocycles. The number of amides is 1. The quantitative estimate of drug-likeness (QED) is 0.298. The Bertz CT molecular complexity index is 232. The van der Waals surface area contributed by atoms with Crippen molar-refractivity contribution in [3.63, 3.8) is 0 Å². The second-order valence-electron chi connectivity index (χ2n) is 2.65. The van der Waals surface area contributed by atoms with Crippen LogP contribution in [0.1, 0.15) is 6.42 Å². The fourth-order valence-corrected chi connectivity index (χ4v) is 1.31. The van der Waals surface area contributed by atoms with Crippen molar-refractivity contribution >= 4 is 11.9 Å². The number of carboxylic acids is 1. The molecule has 0 spiro atoms. The Morgan fingerprint density at radius 1 is 1.67 bits per heavy atom. The number of aliphatic carboxylic acids is 1. The van der Waals surface area contributed by atoms with E-state index in [0.717, 1.165) is 0 Å². The van der Waals surface area contributed by atoms with Crippen LogP contribution >= 0.6 is 0 Å². The van der Waals surface area contributed by atoms with Crippen LogP contribution in [0.2, 0.25) is 0 Å². The third-order valence-corrected chi connectivity index (χ3v) is 1.96. The number of hydrogen-bond acceptors (Lipinski definition) is 4. The van der Waals surface area contributed by atoms with Crippen LogP contribution in [0, 0.1) is 0 Å². The van der Waals surface area contributed by atoms with Gasteiger partial charge in [0.1, 0.15) is 12.3 Å². The molecule has 5 nitrogen and oxygen atoms in total. The van der Waals surface area contributed by atoms with Gasteiger partial charge in [-0.25, -0.2) is 0 Å². The molecule has 2 rings (SSSR count). The number of fused-ring (bicyclic) bond motifs is 1. The molecule has 0 aliphatic carbocycles. The van der Waals surface area contributed by atoms with Crippen molar-refractivity contribution in [2.45, 2.75) is 18.8 Å². The van der Waals surface area contributed by atoms with E-state index in [2.05, 4.69) is 0 Å². The van der Waals surface area contributed by atoms with Gasteiger partial charge < -0.3 is 19.5 Å². The monoisotopic (exact) mass is 179 g/mol. The van der Waals surface area contributed by atoms with Gasteiger partial charge in [-0.15, -0.1) is 0 Å². The molecule has 0 radical (unpaired) electrons. The van der Waals surface area contributed by atoms with Gasteiger partial charge in [0.2, 0.25) is 5.91 Å². The third-order valence-electron chi connectivity index (χ3n) is 1.96. The first-order chi connectivity index (χ1) is 5.18. The van der Waals surface area contributed by atoms with Crippen molar-refractivity contribution in [1.82, 2.24) is 4.90 Å². The molecule has 0 N–H and O–H groups in total. The van der Waals surface area contributed by atoms with Gasteiger partial charge in [-0.1, -0.05) is 0 Å². The average molecular weight is 179 g/mol. The number of hydrogen-bond donors (Lipinski definition) is 0. The van der Waals surface area contributed by atoms with Gasteiger partial charge in [-0.2, -0.15) is 0 Å². The molecule has 2 unspecified atom stereocenters. The molecule has 2 aliphatic heterocycles. The Hall–Kier alpha value is -0.100. The van der Waals surface area contributed by atoms with Gasteiger partial charge in [0.15, 0.2) is 0 Å². The summed E-state index contributed by atoms with van der Waals surface area (Å²) in [6.45, 7) is 0.145. The summed E-state index contributed by atoms with van der Waals surface area (Å²) in [6, 6.07) is 0. The van der Waals surface area contributed by atoms with E-state index in [-0.39, 0.29) is 48.2 Å². The maximum Gasteiger partial charge on any atom is 1.00 e. The van der Waals surface area contributed by atoms with Crippen molar-refractivity contribution in [1.29, 1.82) is 0 Å². The summed E-state index contributed by atoms with van der Waals surface area (Å²) in [4.78, 5) is 22.4. The molecule has 0 aromatic carbocycles. The van der Waals surface area contributed by atoms with Crippen molar-refractivity contribution in [3.05, 3.63) is 0 Å². The number of β-lactam (4-membered cyclic amide) rings is 1. The standard InChI is InChI=1S/C6H7NO4.Na/c8-4-1-5-7(4)2-3(11-5)6(9)10;/h3,5H,1-2H2,(H,9,10);/q;+1/p-1. The first-order valence-electron chi connectivity index (χ1n) is 3.34. The Labute approximate surface area is 91.0 Å². The largest absolute Gasteiger partial charge is 1.00 e. The minimum Gasteiger partial charge on any atom is -0.547 e. The first-order valence-corrected chi connectivity index (χ1v) is 3.34. The molecule has 0 aromatic heterocycles. The summed E-state index contributed by atoms with van der Waals surface area (Å²) >= 11 is 0. The molecule has 2 atom stereocenters. The normalized spacial score (nSPS) is 32.0. The van der Waals surface area contributed by atoms with Gasteiger partial charge >= 0.3 is 29.6 Å². The predicted octanol–water partition coefficient (Wildman–Crippen LogP) is -5.30. The summed E-state index contributed by atoms with van der Waals surface area (Å²) in [7, 11) is 0. The van der Waals surface area contributed by atoms with Crippen LogP contribution in [0.5, 0.6) is 0 Å². The second kappa shape index (κ2) is 3.33. The molecule has 60 valence electrons. The summed E-state index contributed by atoms with van der Waals surface area (Å²) in [5.41, 5.74) is 0. The molecule has 2 aliphatic rings. The zero-order chi connectivity index (χ0) is 8.01. The number of ether oxygens (including phenoxy) is 1. The molecular formula is C6H6NNaO4. The van der Waals surface area contributed by atoms with Crippen LogP contribution in [0.15, 0.2) is 0 Å². The van der Waals surface area contributed by atoms with E-state index in [4.69, 9.17) is 4.74 Å². The number of rotatable bonds is 1. The van der Waals surface area contributed by atoms with Crippen LogP contribution in [0.25, 0.3) is 0 Å². The summed E-state index contributed by atoms with van der Waals surface area (Å²) in [5.74, 6) is -1.29. The van der Waals surface area contributed by atoms with Crippen LogP contribution < -0.4 is 34.7 Å². The van der Waals surface area contributed by atoms with Gasteiger partial charge in [0, 0.05) is 0 Å². The topological polar surface area (TPSA) is 69.7 Å². The average Bonchev–Trinajstić information content (AvgIpc) is 2.26. The summed E-state index contributed by atoms with van der Waals surface area (Å²) < 4.78 is 4.94. The Kier molecular flexibility index (Phi) is 2.77. The minimum absolute atomic E-state index is 0. The Balaban J connectivity index is 0.000000720. The van der Waals surface area contributed by atoms with Crippen molar-refractivity contribution < 1.29 is 49.0 Å². The van der Waals surface area contributed by atoms with Gasteiger partial charge in [-0.05, 0) is 0 Å². The second-order valence-corrected chi connectivity index (χ2v) is 2.65. The van der Waals surface area contributed by atoms with Crippen molar-refractivity contribution in [2.75, 3.05) is 6.54 Å². The van der Waals surface area contributed by atoms with Gasteiger partial charge in [-0.3, -0.25) is 4.79 Å². The maximum atomic E-state index is 10.7. The first kappa shape index (κ1) is 9.98. The molecule has 0 aromatic rings. The Morgan fingerprint density at radius 3 is 2.75 bits per heavy atom. The maximum absolute atomic E-state index is 10.7. The van der Waals surface area contributed by atoms with Crippen molar-refractivity contribution in [2.24, 2.45) is 0 Å².